The summed E-state index contributed by atoms with van der Waals surface area (Å²) in [4.78, 5) is 10.3. The van der Waals surface area contributed by atoms with Gasteiger partial charge >= 0.3 is 0 Å². The van der Waals surface area contributed by atoms with Crippen molar-refractivity contribution >= 4 is 11.7 Å². The third kappa shape index (κ3) is 8.22. The van der Waals surface area contributed by atoms with Gasteiger partial charge in [-0.25, -0.2) is 9.98 Å². The van der Waals surface area contributed by atoms with Crippen molar-refractivity contribution in [2.75, 3.05) is 13.2 Å². The highest BCUT2D eigenvalue weighted by Crippen LogP contribution is 2.35. The summed E-state index contributed by atoms with van der Waals surface area (Å²) in [7, 11) is 0. The quantitative estimate of drug-likeness (QED) is 0.203. The number of nitrogens with one attached hydrogen (secondary N) is 1. The van der Waals surface area contributed by atoms with Gasteiger partial charge in [0, 0.05) is 22.8 Å². The zero-order chi connectivity index (χ0) is 29.2. The van der Waals surface area contributed by atoms with Crippen molar-refractivity contribution in [1.82, 2.24) is 5.32 Å². The number of aryl methyl sites for hydroxylation is 4. The van der Waals surface area contributed by atoms with Crippen LogP contribution in [-0.4, -0.2) is 24.9 Å². The molecule has 1 N–H and O–H groups in total. The maximum Gasteiger partial charge on any atom is 0.173 e. The second-order valence-electron chi connectivity index (χ2n) is 11.3. The monoisotopic (exact) mass is 553 g/mol. The van der Waals surface area contributed by atoms with Crippen molar-refractivity contribution in [2.45, 2.75) is 92.7 Å². The summed E-state index contributed by atoms with van der Waals surface area (Å²) in [6.07, 6.45) is 7.93. The van der Waals surface area contributed by atoms with Crippen LogP contribution >= 0.6 is 0 Å². The standard InChI is InChI=1S/C36H47N3O2/c1-7-9-10-11-12-13-21-40-29-16-19-32(33(24-29)41-20-8-2)36-38-34(30-17-14-25(3)22-27(30)5)37-35(39-36)31-18-15-26(4)23-28(31)6/h14-19,22-24,36H,7-13,20-21H2,1-6H3,(H,37,38,39). The molecule has 0 saturated heterocycles. The summed E-state index contributed by atoms with van der Waals surface area (Å²) < 4.78 is 12.4. The minimum absolute atomic E-state index is 0.442. The Kier molecular flexibility index (Phi) is 11.0. The van der Waals surface area contributed by atoms with Gasteiger partial charge in [0.2, 0.25) is 0 Å². The molecular formula is C36H47N3O2. The Balaban J connectivity index is 1.66. The lowest BCUT2D eigenvalue weighted by molar-refractivity contribution is 0.292. The van der Waals surface area contributed by atoms with Gasteiger partial charge in [0.1, 0.15) is 23.2 Å². The van der Waals surface area contributed by atoms with Crippen molar-refractivity contribution in [2.24, 2.45) is 9.98 Å². The Morgan fingerprint density at radius 2 is 1.24 bits per heavy atom. The summed E-state index contributed by atoms with van der Waals surface area (Å²) in [6, 6.07) is 19.1. The number of amidine groups is 2. The highest BCUT2D eigenvalue weighted by Gasteiger charge is 2.25. The van der Waals surface area contributed by atoms with E-state index in [-0.39, 0.29) is 0 Å². The SMILES string of the molecule is CCCCCCCCOc1ccc(C2N=C(c3ccc(C)cc3C)NC(c3ccc(C)cc3C)=N2)c(OCCC)c1. The maximum atomic E-state index is 6.27. The lowest BCUT2D eigenvalue weighted by Gasteiger charge is -2.25. The van der Waals surface area contributed by atoms with Crippen molar-refractivity contribution in [3.05, 3.63) is 93.5 Å². The predicted molar refractivity (Wildman–Crippen MR) is 172 cm³/mol. The second-order valence-corrected chi connectivity index (χ2v) is 11.3. The predicted octanol–water partition coefficient (Wildman–Crippen LogP) is 8.94. The first-order valence-corrected chi connectivity index (χ1v) is 15.4. The number of rotatable bonds is 14. The van der Waals surface area contributed by atoms with Crippen molar-refractivity contribution < 1.29 is 9.47 Å². The van der Waals surface area contributed by atoms with E-state index in [0.29, 0.717) is 6.61 Å². The van der Waals surface area contributed by atoms with Crippen molar-refractivity contribution in [1.29, 1.82) is 0 Å². The van der Waals surface area contributed by atoms with Gasteiger partial charge in [0.15, 0.2) is 6.17 Å². The molecule has 1 aliphatic heterocycles. The molecule has 3 aromatic carbocycles. The highest BCUT2D eigenvalue weighted by molar-refractivity contribution is 6.16. The molecule has 4 rings (SSSR count). The molecule has 218 valence electrons. The molecule has 0 bridgehead atoms. The van der Waals surface area contributed by atoms with Gasteiger partial charge in [-0.3, -0.25) is 0 Å². The zero-order valence-corrected chi connectivity index (χ0v) is 25.8. The van der Waals surface area contributed by atoms with E-state index in [9.17, 15) is 0 Å². The molecule has 3 aromatic rings. The molecule has 0 atom stereocenters. The fourth-order valence-electron chi connectivity index (χ4n) is 5.25. The molecular weight excluding hydrogens is 506 g/mol. The first-order chi connectivity index (χ1) is 19.9. The van der Waals surface area contributed by atoms with Crippen LogP contribution < -0.4 is 14.8 Å². The molecule has 0 radical (unpaired) electrons. The van der Waals surface area contributed by atoms with Gasteiger partial charge in [0.25, 0.3) is 0 Å². The van der Waals surface area contributed by atoms with Crippen molar-refractivity contribution in [3.63, 3.8) is 0 Å². The maximum absolute atomic E-state index is 6.27. The van der Waals surface area contributed by atoms with E-state index in [0.717, 1.165) is 59.3 Å². The minimum atomic E-state index is -0.442. The average Bonchev–Trinajstić information content (AvgIpc) is 2.95. The number of ether oxygens (including phenoxy) is 2. The van der Waals surface area contributed by atoms with Gasteiger partial charge in [-0.2, -0.15) is 0 Å². The van der Waals surface area contributed by atoms with Gasteiger partial charge < -0.3 is 14.8 Å². The highest BCUT2D eigenvalue weighted by atomic mass is 16.5. The van der Waals surface area contributed by atoms with E-state index >= 15 is 0 Å². The van der Waals surface area contributed by atoms with Gasteiger partial charge in [-0.15, -0.1) is 0 Å². The van der Waals surface area contributed by atoms with Gasteiger partial charge in [0.05, 0.1) is 13.2 Å². The van der Waals surface area contributed by atoms with Crippen LogP contribution in [0.25, 0.3) is 0 Å². The summed E-state index contributed by atoms with van der Waals surface area (Å²) in [5.41, 5.74) is 7.91. The van der Waals surface area contributed by atoms with E-state index in [1.807, 2.05) is 12.1 Å². The van der Waals surface area contributed by atoms with E-state index in [2.05, 4.69) is 89.3 Å². The molecule has 0 amide bonds. The Morgan fingerprint density at radius 3 is 1.83 bits per heavy atom. The molecule has 0 aliphatic carbocycles. The topological polar surface area (TPSA) is 55.2 Å². The first-order valence-electron chi connectivity index (χ1n) is 15.4. The van der Waals surface area contributed by atoms with Crippen LogP contribution in [0.2, 0.25) is 0 Å². The van der Waals surface area contributed by atoms with Crippen LogP contribution in [0, 0.1) is 27.7 Å². The fraction of sp³-hybridized carbons (Fsp3) is 0.444. The van der Waals surface area contributed by atoms with E-state index in [1.54, 1.807) is 0 Å². The molecule has 0 aromatic heterocycles. The number of nitrogens with zero attached hydrogens (tertiary/aromatic N) is 2. The van der Waals surface area contributed by atoms with Gasteiger partial charge in [-0.1, -0.05) is 93.5 Å². The van der Waals surface area contributed by atoms with E-state index in [1.165, 1.54) is 54.4 Å². The molecule has 0 fully saturated rings. The lowest BCUT2D eigenvalue weighted by atomic mass is 10.0. The minimum Gasteiger partial charge on any atom is -0.493 e. The third-order valence-corrected chi connectivity index (χ3v) is 7.51. The van der Waals surface area contributed by atoms with Crippen LogP contribution in [0.15, 0.2) is 64.6 Å². The molecule has 41 heavy (non-hydrogen) atoms. The summed E-state index contributed by atoms with van der Waals surface area (Å²) >= 11 is 0. The van der Waals surface area contributed by atoms with Crippen LogP contribution in [0.5, 0.6) is 11.5 Å². The van der Waals surface area contributed by atoms with E-state index < -0.39 is 6.17 Å². The molecule has 5 nitrogen and oxygen atoms in total. The summed E-state index contributed by atoms with van der Waals surface area (Å²) in [6.45, 7) is 14.2. The molecule has 1 aliphatic rings. The number of aliphatic imine (C=N–C) groups is 2. The smallest absolute Gasteiger partial charge is 0.173 e. The molecule has 0 spiro atoms. The first kappa shape index (κ1) is 30.4. The number of hydrogen-bond acceptors (Lipinski definition) is 5. The number of benzene rings is 3. The fourth-order valence-corrected chi connectivity index (χ4v) is 5.25. The average molecular weight is 554 g/mol. The normalized spacial score (nSPS) is 13.4. The van der Waals surface area contributed by atoms with Crippen molar-refractivity contribution in [3.8, 4) is 11.5 Å². The van der Waals surface area contributed by atoms with Gasteiger partial charge in [-0.05, 0) is 63.8 Å². The third-order valence-electron chi connectivity index (χ3n) is 7.51. The second kappa shape index (κ2) is 14.9. The largest absolute Gasteiger partial charge is 0.493 e. The van der Waals surface area contributed by atoms with Crippen LogP contribution in [0.1, 0.15) is 104 Å². The molecule has 1 heterocycles. The van der Waals surface area contributed by atoms with E-state index in [4.69, 9.17) is 19.5 Å². The van der Waals surface area contributed by atoms with Crippen LogP contribution in [0.4, 0.5) is 0 Å². The lowest BCUT2D eigenvalue weighted by Crippen LogP contribution is -2.37. The Hall–Kier alpha value is -3.60. The molecule has 0 unspecified atom stereocenters. The van der Waals surface area contributed by atoms with Crippen LogP contribution in [0.3, 0.4) is 0 Å². The Bertz CT molecular complexity index is 1310. The summed E-state index contributed by atoms with van der Waals surface area (Å²) in [5, 5.41) is 3.57. The zero-order valence-electron chi connectivity index (χ0n) is 25.8. The molecule has 0 saturated carbocycles. The number of unbranched alkanes of at least 4 members (excludes halogenated alkanes) is 5. The van der Waals surface area contributed by atoms with Crippen LogP contribution in [-0.2, 0) is 0 Å². The Morgan fingerprint density at radius 1 is 0.634 bits per heavy atom. The number of hydrogen-bond donors (Lipinski definition) is 1. The molecule has 5 heteroatoms. The summed E-state index contributed by atoms with van der Waals surface area (Å²) in [5.74, 6) is 3.26. The Labute approximate surface area is 247 Å².